The Morgan fingerprint density at radius 1 is 1.14 bits per heavy atom. The van der Waals surface area contributed by atoms with Crippen LogP contribution < -0.4 is 0 Å². The second-order valence-electron chi connectivity index (χ2n) is 8.19. The van der Waals surface area contributed by atoms with Crippen LogP contribution in [0, 0.1) is 31.6 Å². The third-order valence-corrected chi connectivity index (χ3v) is 6.18. The molecule has 2 heterocycles. The van der Waals surface area contributed by atoms with Crippen LogP contribution in [0.25, 0.3) is 0 Å². The summed E-state index contributed by atoms with van der Waals surface area (Å²) in [7, 11) is 0. The zero-order valence-electron chi connectivity index (χ0n) is 15.2. The fraction of sp³-hybridized carbons (Fsp3) is 0.714. The van der Waals surface area contributed by atoms with E-state index < -0.39 is 0 Å². The van der Waals surface area contributed by atoms with Gasteiger partial charge in [0.15, 0.2) is 0 Å². The van der Waals surface area contributed by atoms with Crippen LogP contribution in [0.5, 0.6) is 0 Å². The van der Waals surface area contributed by atoms with Gasteiger partial charge < -0.3 is 0 Å². The molecule has 1 aromatic rings. The number of fused-ring (bicyclic) bond motifs is 3. The van der Waals surface area contributed by atoms with E-state index in [0.717, 1.165) is 17.8 Å². The van der Waals surface area contributed by atoms with Crippen molar-refractivity contribution in [3.63, 3.8) is 0 Å². The Hall–Kier alpha value is -0.820. The smallest absolute Gasteiger partial charge is 0.0353 e. The van der Waals surface area contributed by atoms with Gasteiger partial charge in [-0.1, -0.05) is 39.3 Å². The Balaban J connectivity index is 1.87. The van der Waals surface area contributed by atoms with Crippen LogP contribution in [-0.4, -0.2) is 18.0 Å². The summed E-state index contributed by atoms with van der Waals surface area (Å²) in [4.78, 5) is 2.80. The number of piperidine rings is 1. The van der Waals surface area contributed by atoms with Gasteiger partial charge >= 0.3 is 0 Å². The van der Waals surface area contributed by atoms with E-state index in [-0.39, 0.29) is 0 Å². The third-order valence-electron chi connectivity index (χ3n) is 6.18. The Morgan fingerprint density at radius 3 is 2.55 bits per heavy atom. The minimum absolute atomic E-state index is 0.691. The molecule has 0 aliphatic carbocycles. The summed E-state index contributed by atoms with van der Waals surface area (Å²) in [6.07, 6.45) is 5.38. The van der Waals surface area contributed by atoms with Gasteiger partial charge in [-0.25, -0.2) is 0 Å². The summed E-state index contributed by atoms with van der Waals surface area (Å²) in [5.41, 5.74) is 6.21. The fourth-order valence-electron chi connectivity index (χ4n) is 4.84. The van der Waals surface area contributed by atoms with Gasteiger partial charge in [0.2, 0.25) is 0 Å². The monoisotopic (exact) mass is 299 g/mol. The summed E-state index contributed by atoms with van der Waals surface area (Å²) in [5.74, 6) is 2.66. The van der Waals surface area contributed by atoms with Crippen molar-refractivity contribution in [3.05, 3.63) is 34.4 Å². The molecule has 122 valence electrons. The van der Waals surface area contributed by atoms with Crippen molar-refractivity contribution in [2.75, 3.05) is 13.1 Å². The molecule has 1 aromatic carbocycles. The molecule has 0 bridgehead atoms. The lowest BCUT2D eigenvalue weighted by Crippen LogP contribution is -2.46. The van der Waals surface area contributed by atoms with E-state index in [2.05, 4.69) is 51.7 Å². The minimum atomic E-state index is 0.691. The van der Waals surface area contributed by atoms with E-state index in [1.165, 1.54) is 49.9 Å². The largest absolute Gasteiger partial charge is 0.296 e. The van der Waals surface area contributed by atoms with E-state index in [1.54, 1.807) is 11.1 Å². The second kappa shape index (κ2) is 6.35. The minimum Gasteiger partial charge on any atom is -0.296 e. The molecule has 0 saturated carbocycles. The Morgan fingerprint density at radius 2 is 1.86 bits per heavy atom. The molecule has 3 atom stereocenters. The van der Waals surface area contributed by atoms with Crippen LogP contribution in [0.2, 0.25) is 0 Å². The number of nitrogens with zero attached hydrogens (tertiary/aromatic N) is 1. The number of hydrogen-bond acceptors (Lipinski definition) is 1. The first kappa shape index (κ1) is 16.1. The topological polar surface area (TPSA) is 3.24 Å². The summed E-state index contributed by atoms with van der Waals surface area (Å²) in [5, 5.41) is 0. The predicted molar refractivity (Wildman–Crippen MR) is 95.3 cm³/mol. The molecular weight excluding hydrogens is 266 g/mol. The second-order valence-corrected chi connectivity index (χ2v) is 8.19. The molecule has 22 heavy (non-hydrogen) atoms. The van der Waals surface area contributed by atoms with Crippen molar-refractivity contribution in [2.45, 2.75) is 66.3 Å². The molecule has 1 saturated heterocycles. The highest BCUT2D eigenvalue weighted by Crippen LogP contribution is 2.44. The normalized spacial score (nSPS) is 28.5. The maximum absolute atomic E-state index is 2.80. The van der Waals surface area contributed by atoms with Crippen molar-refractivity contribution < 1.29 is 0 Å². The first-order valence-corrected chi connectivity index (χ1v) is 9.33. The van der Waals surface area contributed by atoms with Crippen molar-refractivity contribution in [1.82, 2.24) is 4.90 Å². The maximum atomic E-state index is 2.80. The molecule has 2 aliphatic heterocycles. The lowest BCUT2D eigenvalue weighted by atomic mass is 9.73. The van der Waals surface area contributed by atoms with Crippen molar-refractivity contribution >= 4 is 0 Å². The van der Waals surface area contributed by atoms with E-state index in [1.807, 2.05) is 0 Å². The first-order chi connectivity index (χ1) is 10.5. The van der Waals surface area contributed by atoms with Gasteiger partial charge in [-0.15, -0.1) is 0 Å². The highest BCUT2D eigenvalue weighted by molar-refractivity contribution is 5.41. The van der Waals surface area contributed by atoms with Gasteiger partial charge in [-0.2, -0.15) is 0 Å². The van der Waals surface area contributed by atoms with Crippen molar-refractivity contribution in [2.24, 2.45) is 17.8 Å². The lowest BCUT2D eigenvalue weighted by molar-refractivity contribution is 0.0429. The van der Waals surface area contributed by atoms with Crippen LogP contribution in [0.1, 0.15) is 68.3 Å². The maximum Gasteiger partial charge on any atom is 0.0353 e. The number of rotatable bonds is 3. The third kappa shape index (κ3) is 2.97. The Labute approximate surface area is 137 Å². The van der Waals surface area contributed by atoms with Crippen LogP contribution >= 0.6 is 0 Å². The average molecular weight is 300 g/mol. The molecule has 0 radical (unpaired) electrons. The lowest BCUT2D eigenvalue weighted by Gasteiger charge is -2.48. The Kier molecular flexibility index (Phi) is 4.64. The Bertz CT molecular complexity index is 531. The van der Waals surface area contributed by atoms with Crippen LogP contribution in [0.15, 0.2) is 12.1 Å². The van der Waals surface area contributed by atoms with Crippen LogP contribution in [0.3, 0.4) is 0 Å². The molecule has 3 unspecified atom stereocenters. The number of benzene rings is 1. The highest BCUT2D eigenvalue weighted by Gasteiger charge is 2.38. The molecule has 3 rings (SSSR count). The molecule has 0 N–H and O–H groups in total. The first-order valence-electron chi connectivity index (χ1n) is 9.33. The van der Waals surface area contributed by atoms with E-state index in [9.17, 15) is 0 Å². The summed E-state index contributed by atoms with van der Waals surface area (Å²) in [6, 6.07) is 5.65. The molecule has 0 aromatic heterocycles. The summed E-state index contributed by atoms with van der Waals surface area (Å²) in [6.45, 7) is 14.3. The molecular formula is C21H33N. The summed E-state index contributed by atoms with van der Waals surface area (Å²) < 4.78 is 0. The quantitative estimate of drug-likeness (QED) is 0.732. The van der Waals surface area contributed by atoms with Gasteiger partial charge in [0.25, 0.3) is 0 Å². The van der Waals surface area contributed by atoms with Gasteiger partial charge in [-0.3, -0.25) is 4.90 Å². The van der Waals surface area contributed by atoms with Gasteiger partial charge in [-0.05, 0) is 73.1 Å². The fourth-order valence-corrected chi connectivity index (χ4v) is 4.84. The van der Waals surface area contributed by atoms with Crippen LogP contribution in [0.4, 0.5) is 0 Å². The van der Waals surface area contributed by atoms with Crippen molar-refractivity contribution in [3.8, 4) is 0 Å². The van der Waals surface area contributed by atoms with Gasteiger partial charge in [0, 0.05) is 19.1 Å². The summed E-state index contributed by atoms with van der Waals surface area (Å²) >= 11 is 0. The molecule has 0 spiro atoms. The zero-order valence-corrected chi connectivity index (χ0v) is 15.2. The molecule has 0 amide bonds. The highest BCUT2D eigenvalue weighted by atomic mass is 15.2. The zero-order chi connectivity index (χ0) is 15.9. The molecule has 2 aliphatic rings. The average Bonchev–Trinajstić information content (AvgIpc) is 2.47. The van der Waals surface area contributed by atoms with E-state index >= 15 is 0 Å². The van der Waals surface area contributed by atoms with E-state index in [4.69, 9.17) is 0 Å². The molecule has 1 heteroatoms. The van der Waals surface area contributed by atoms with Crippen molar-refractivity contribution in [1.29, 1.82) is 0 Å². The number of hydrogen-bond donors (Lipinski definition) is 0. The molecule has 1 fully saturated rings. The predicted octanol–water partition coefficient (Wildman–Crippen LogP) is 5.29. The standard InChI is InChI=1S/C21H33N/c1-6-17-12-21-20-11-16(5)15(4)10-18(20)7-8-22(21)13-19(17)9-14(2)3/h10-11,14,17,19,21H,6-9,12-13H2,1-5H3. The van der Waals surface area contributed by atoms with Crippen LogP contribution in [-0.2, 0) is 6.42 Å². The van der Waals surface area contributed by atoms with Gasteiger partial charge in [0.1, 0.15) is 0 Å². The SMILES string of the molecule is CCC1CC2c3cc(C)c(C)cc3CCN2CC1CC(C)C. The van der Waals surface area contributed by atoms with Gasteiger partial charge in [0.05, 0.1) is 0 Å². The van der Waals surface area contributed by atoms with E-state index in [0.29, 0.717) is 6.04 Å². The molecule has 1 nitrogen and oxygen atoms in total. The number of aryl methyl sites for hydroxylation is 2.